The van der Waals surface area contributed by atoms with E-state index >= 15 is 0 Å². The van der Waals surface area contributed by atoms with Crippen molar-refractivity contribution in [1.29, 1.82) is 5.26 Å². The predicted molar refractivity (Wildman–Crippen MR) is 145 cm³/mol. The van der Waals surface area contributed by atoms with Crippen LogP contribution in [0.25, 0.3) is 6.08 Å². The Bertz CT molecular complexity index is 1440. The van der Waals surface area contributed by atoms with Crippen molar-refractivity contribution in [2.75, 3.05) is 13.7 Å². The fourth-order valence-corrected chi connectivity index (χ4v) is 4.58. The number of esters is 1. The van der Waals surface area contributed by atoms with Gasteiger partial charge >= 0.3 is 5.97 Å². The summed E-state index contributed by atoms with van der Waals surface area (Å²) in [5.41, 5.74) is 3.04. The summed E-state index contributed by atoms with van der Waals surface area (Å²) in [6.45, 7) is 2.31. The summed E-state index contributed by atoms with van der Waals surface area (Å²) in [4.78, 5) is 31.5. The minimum Gasteiger partial charge on any atom is -0.488 e. The summed E-state index contributed by atoms with van der Waals surface area (Å²) < 4.78 is 11.1. The van der Waals surface area contributed by atoms with E-state index in [1.807, 2.05) is 12.1 Å². The standard InChI is InChI=1S/C28H22ClN3O4S/c1-3-35-27(34)20-5-4-6-23(14-20)31-28-32(2)26(33)25(37-28)15-21-13-22(29)11-12-24(21)36-17-19-9-7-18(16-30)8-10-19/h4-15H,3,17H2,1-2H3. The monoisotopic (exact) mass is 531 g/mol. The second-order valence-corrected chi connectivity index (χ2v) is 9.37. The Morgan fingerprint density at radius 2 is 1.95 bits per heavy atom. The molecule has 4 rings (SSSR count). The highest BCUT2D eigenvalue weighted by atomic mass is 35.5. The molecule has 186 valence electrons. The molecule has 37 heavy (non-hydrogen) atoms. The van der Waals surface area contributed by atoms with Gasteiger partial charge in [0, 0.05) is 17.6 Å². The van der Waals surface area contributed by atoms with Crippen molar-refractivity contribution in [3.8, 4) is 11.8 Å². The van der Waals surface area contributed by atoms with Gasteiger partial charge in [0.2, 0.25) is 0 Å². The largest absolute Gasteiger partial charge is 0.488 e. The lowest BCUT2D eigenvalue weighted by Gasteiger charge is -2.10. The maximum absolute atomic E-state index is 13.0. The van der Waals surface area contributed by atoms with Crippen molar-refractivity contribution >= 4 is 52.2 Å². The number of thioether (sulfide) groups is 1. The number of halogens is 1. The van der Waals surface area contributed by atoms with Gasteiger partial charge in [0.05, 0.1) is 34.4 Å². The highest BCUT2D eigenvalue weighted by molar-refractivity contribution is 8.18. The zero-order chi connectivity index (χ0) is 26.4. The van der Waals surface area contributed by atoms with Gasteiger partial charge in [-0.3, -0.25) is 9.69 Å². The third kappa shape index (κ3) is 6.39. The third-order valence-electron chi connectivity index (χ3n) is 5.32. The van der Waals surface area contributed by atoms with Crippen LogP contribution < -0.4 is 4.74 Å². The van der Waals surface area contributed by atoms with Gasteiger partial charge in [-0.25, -0.2) is 9.79 Å². The van der Waals surface area contributed by atoms with Crippen LogP contribution in [0, 0.1) is 11.3 Å². The van der Waals surface area contributed by atoms with Crippen LogP contribution in [0.4, 0.5) is 5.69 Å². The molecular weight excluding hydrogens is 510 g/mol. The van der Waals surface area contributed by atoms with Crippen LogP contribution >= 0.6 is 23.4 Å². The molecule has 1 heterocycles. The topological polar surface area (TPSA) is 92.0 Å². The molecule has 1 fully saturated rings. The van der Waals surface area contributed by atoms with E-state index in [1.54, 1.807) is 74.6 Å². The van der Waals surface area contributed by atoms with Gasteiger partial charge in [-0.05, 0) is 78.9 Å². The van der Waals surface area contributed by atoms with Gasteiger partial charge in [0.15, 0.2) is 5.17 Å². The lowest BCUT2D eigenvalue weighted by atomic mass is 10.1. The Balaban J connectivity index is 1.56. The SMILES string of the molecule is CCOC(=O)c1cccc(N=C2SC(=Cc3cc(Cl)ccc3OCc3ccc(C#N)cc3)C(=O)N2C)c1. The molecule has 1 aliphatic heterocycles. The van der Waals surface area contributed by atoms with Gasteiger partial charge in [0.1, 0.15) is 12.4 Å². The van der Waals surface area contributed by atoms with E-state index in [1.165, 1.54) is 16.7 Å². The number of nitriles is 1. The average molecular weight is 532 g/mol. The number of nitrogens with zero attached hydrogens (tertiary/aromatic N) is 3. The molecule has 1 aliphatic rings. The number of aliphatic imine (C=N–C) groups is 1. The number of rotatable bonds is 7. The van der Waals surface area contributed by atoms with Gasteiger partial charge < -0.3 is 9.47 Å². The predicted octanol–water partition coefficient (Wildman–Crippen LogP) is 6.20. The van der Waals surface area contributed by atoms with E-state index in [-0.39, 0.29) is 19.1 Å². The fourth-order valence-electron chi connectivity index (χ4n) is 3.42. The van der Waals surface area contributed by atoms with Crippen molar-refractivity contribution in [1.82, 2.24) is 4.90 Å². The first kappa shape index (κ1) is 26.0. The zero-order valence-electron chi connectivity index (χ0n) is 20.1. The lowest BCUT2D eigenvalue weighted by Crippen LogP contribution is -2.23. The van der Waals surface area contributed by atoms with E-state index in [4.69, 9.17) is 26.3 Å². The molecule has 1 saturated heterocycles. The molecule has 0 bridgehead atoms. The maximum Gasteiger partial charge on any atom is 0.338 e. The molecule has 0 saturated carbocycles. The number of hydrogen-bond donors (Lipinski definition) is 0. The fraction of sp³-hybridized carbons (Fsp3) is 0.143. The Morgan fingerprint density at radius 3 is 2.68 bits per heavy atom. The van der Waals surface area contributed by atoms with Crippen LogP contribution in [0.1, 0.15) is 34.0 Å². The van der Waals surface area contributed by atoms with Crippen molar-refractivity contribution in [3.05, 3.63) is 98.9 Å². The first-order valence-electron chi connectivity index (χ1n) is 11.3. The number of carbonyl (C=O) groups is 2. The first-order chi connectivity index (χ1) is 17.9. The maximum atomic E-state index is 13.0. The molecule has 0 N–H and O–H groups in total. The summed E-state index contributed by atoms with van der Waals surface area (Å²) in [6.07, 6.45) is 1.72. The normalized spacial score (nSPS) is 15.2. The van der Waals surface area contributed by atoms with Crippen LogP contribution in [-0.2, 0) is 16.1 Å². The molecule has 0 aliphatic carbocycles. The molecule has 0 aromatic heterocycles. The second kappa shape index (κ2) is 11.8. The van der Waals surface area contributed by atoms with Crippen molar-refractivity contribution in [2.45, 2.75) is 13.5 Å². The second-order valence-electron chi connectivity index (χ2n) is 7.92. The quantitative estimate of drug-likeness (QED) is 0.266. The van der Waals surface area contributed by atoms with Crippen molar-refractivity contribution in [3.63, 3.8) is 0 Å². The van der Waals surface area contributed by atoms with Crippen LogP contribution in [0.3, 0.4) is 0 Å². The average Bonchev–Trinajstić information content (AvgIpc) is 3.16. The van der Waals surface area contributed by atoms with E-state index in [2.05, 4.69) is 11.1 Å². The molecule has 9 heteroatoms. The lowest BCUT2D eigenvalue weighted by molar-refractivity contribution is -0.121. The molecule has 0 atom stereocenters. The third-order valence-corrected chi connectivity index (χ3v) is 6.62. The van der Waals surface area contributed by atoms with Crippen LogP contribution in [-0.4, -0.2) is 35.6 Å². The van der Waals surface area contributed by atoms with Crippen LogP contribution in [0.15, 0.2) is 76.6 Å². The molecule has 7 nitrogen and oxygen atoms in total. The van der Waals surface area contributed by atoms with Gasteiger partial charge in [-0.15, -0.1) is 0 Å². The number of amidine groups is 1. The summed E-state index contributed by atoms with van der Waals surface area (Å²) >= 11 is 7.45. The number of likely N-dealkylation sites (N-methyl/N-ethyl adjacent to an activating group) is 1. The van der Waals surface area contributed by atoms with Crippen molar-refractivity contribution < 1.29 is 19.1 Å². The molecule has 0 unspecified atom stereocenters. The van der Waals surface area contributed by atoms with E-state index < -0.39 is 5.97 Å². The molecule has 1 amide bonds. The smallest absolute Gasteiger partial charge is 0.338 e. The molecule has 3 aromatic carbocycles. The summed E-state index contributed by atoms with van der Waals surface area (Å²) in [6, 6.07) is 21.2. The van der Waals surface area contributed by atoms with E-state index in [9.17, 15) is 9.59 Å². The Labute approximate surface area is 224 Å². The Kier molecular flexibility index (Phi) is 8.29. The Hall–Kier alpha value is -4.06. The molecular formula is C28H22ClN3O4S. The number of amides is 1. The molecule has 0 radical (unpaired) electrons. The van der Waals surface area contributed by atoms with E-state index in [0.29, 0.717) is 43.2 Å². The zero-order valence-corrected chi connectivity index (χ0v) is 21.7. The van der Waals surface area contributed by atoms with Gasteiger partial charge in [0.25, 0.3) is 5.91 Å². The van der Waals surface area contributed by atoms with E-state index in [0.717, 1.165) is 5.56 Å². The first-order valence-corrected chi connectivity index (χ1v) is 12.5. The summed E-state index contributed by atoms with van der Waals surface area (Å²) in [5.74, 6) is -0.0868. The number of carbonyl (C=O) groups excluding carboxylic acids is 2. The highest BCUT2D eigenvalue weighted by Crippen LogP contribution is 2.35. The van der Waals surface area contributed by atoms with Crippen LogP contribution in [0.2, 0.25) is 5.02 Å². The summed E-state index contributed by atoms with van der Waals surface area (Å²) in [5, 5.41) is 9.95. The summed E-state index contributed by atoms with van der Waals surface area (Å²) in [7, 11) is 1.64. The number of hydrogen-bond acceptors (Lipinski definition) is 7. The van der Waals surface area contributed by atoms with Gasteiger partial charge in [-0.2, -0.15) is 5.26 Å². The number of ether oxygens (including phenoxy) is 2. The van der Waals surface area contributed by atoms with Gasteiger partial charge in [-0.1, -0.05) is 29.8 Å². The molecule has 0 spiro atoms. The number of benzene rings is 3. The molecule has 3 aromatic rings. The minimum absolute atomic E-state index is 0.219. The van der Waals surface area contributed by atoms with Crippen molar-refractivity contribution in [2.24, 2.45) is 4.99 Å². The highest BCUT2D eigenvalue weighted by Gasteiger charge is 2.30. The van der Waals surface area contributed by atoms with Crippen LogP contribution in [0.5, 0.6) is 5.75 Å². The Morgan fingerprint density at radius 1 is 1.16 bits per heavy atom. The minimum atomic E-state index is -0.428.